The molecule has 0 rings (SSSR count). The molecule has 0 aromatic heterocycles. The Kier molecular flexibility index (Phi) is 21.6. The van der Waals surface area contributed by atoms with Crippen molar-refractivity contribution in [3.05, 3.63) is 11.9 Å². The smallest absolute Gasteiger partial charge is 0.229 e. The van der Waals surface area contributed by atoms with Crippen LogP contribution in [-0.2, 0) is 14.4 Å². The van der Waals surface area contributed by atoms with Crippen LogP contribution in [0.25, 0.3) is 0 Å². The standard InChI is InChI=1S/C25H47N2O5P/c1-23(2)21-25(30)27(22-28)19-18-26-24(29)17-15-13-11-9-7-5-3-4-6-8-10-12-14-16-20-33(31)32/h16,20,22-23,31-32H,3-15,17-19,21H2,1-2H3,(H,26,29)/b20-16+. The van der Waals surface area contributed by atoms with Crippen LogP contribution in [0.2, 0.25) is 0 Å². The van der Waals surface area contributed by atoms with Crippen molar-refractivity contribution in [1.82, 2.24) is 10.2 Å². The molecule has 0 aliphatic carbocycles. The second-order valence-electron chi connectivity index (χ2n) is 9.13. The number of allylic oxidation sites excluding steroid dienone is 1. The number of nitrogens with one attached hydrogen (secondary N) is 1. The van der Waals surface area contributed by atoms with Crippen LogP contribution in [-0.4, -0.2) is 46.0 Å². The first-order valence-electron chi connectivity index (χ1n) is 12.7. The first-order chi connectivity index (χ1) is 15.9. The topological polar surface area (TPSA) is 107 Å². The van der Waals surface area contributed by atoms with Gasteiger partial charge in [0, 0.05) is 25.9 Å². The molecule has 192 valence electrons. The molecule has 0 unspecified atom stereocenters. The second kappa shape index (κ2) is 22.5. The predicted molar refractivity (Wildman–Crippen MR) is 135 cm³/mol. The predicted octanol–water partition coefficient (Wildman–Crippen LogP) is 5.41. The van der Waals surface area contributed by atoms with Gasteiger partial charge >= 0.3 is 0 Å². The first kappa shape index (κ1) is 31.7. The molecule has 0 radical (unpaired) electrons. The normalized spacial score (nSPS) is 11.5. The van der Waals surface area contributed by atoms with E-state index in [1.165, 1.54) is 57.2 Å². The highest BCUT2D eigenvalue weighted by Gasteiger charge is 2.14. The molecule has 0 aromatic carbocycles. The van der Waals surface area contributed by atoms with Crippen molar-refractivity contribution >= 4 is 26.6 Å². The number of nitrogens with zero attached hydrogens (tertiary/aromatic N) is 1. The SMILES string of the molecule is CC(C)CC(=O)N(C=O)CCNC(=O)CCCCCCCCCCCCCC/C=C/P(O)O. The molecule has 0 aliphatic rings. The number of hydrogen-bond acceptors (Lipinski definition) is 5. The Morgan fingerprint density at radius 3 is 1.88 bits per heavy atom. The van der Waals surface area contributed by atoms with Crippen LogP contribution in [0, 0.1) is 5.92 Å². The minimum Gasteiger partial charge on any atom is -0.354 e. The van der Waals surface area contributed by atoms with Gasteiger partial charge in [0.05, 0.1) is 0 Å². The van der Waals surface area contributed by atoms with Crippen LogP contribution >= 0.6 is 8.38 Å². The molecule has 3 N–H and O–H groups in total. The second-order valence-corrected chi connectivity index (χ2v) is 10.1. The summed E-state index contributed by atoms with van der Waals surface area (Å²) in [5.41, 5.74) is 0. The molecule has 3 amide bonds. The summed E-state index contributed by atoms with van der Waals surface area (Å²) >= 11 is 0. The highest BCUT2D eigenvalue weighted by molar-refractivity contribution is 7.48. The maximum absolute atomic E-state index is 11.9. The lowest BCUT2D eigenvalue weighted by molar-refractivity contribution is -0.139. The number of carbonyl (C=O) groups excluding carboxylic acids is 3. The van der Waals surface area contributed by atoms with Gasteiger partial charge < -0.3 is 15.1 Å². The molecule has 0 atom stereocenters. The van der Waals surface area contributed by atoms with E-state index in [0.29, 0.717) is 25.8 Å². The van der Waals surface area contributed by atoms with E-state index in [1.807, 2.05) is 19.9 Å². The summed E-state index contributed by atoms with van der Waals surface area (Å²) in [5.74, 6) is 1.48. The molecule has 0 bridgehead atoms. The molecule has 7 nitrogen and oxygen atoms in total. The molecular formula is C25H47N2O5P. The number of carbonyl (C=O) groups is 3. The van der Waals surface area contributed by atoms with Crippen molar-refractivity contribution < 1.29 is 24.2 Å². The Bertz CT molecular complexity index is 541. The van der Waals surface area contributed by atoms with Gasteiger partial charge in [-0.2, -0.15) is 0 Å². The number of amides is 3. The Morgan fingerprint density at radius 2 is 1.39 bits per heavy atom. The van der Waals surface area contributed by atoms with Crippen molar-refractivity contribution in [3.63, 3.8) is 0 Å². The Balaban J connectivity index is 3.43. The average Bonchev–Trinajstić information content (AvgIpc) is 2.75. The summed E-state index contributed by atoms with van der Waals surface area (Å²) in [6.45, 7) is 4.41. The third kappa shape index (κ3) is 22.3. The molecule has 33 heavy (non-hydrogen) atoms. The van der Waals surface area contributed by atoms with Crippen LogP contribution in [0.4, 0.5) is 0 Å². The molecule has 0 fully saturated rings. The lowest BCUT2D eigenvalue weighted by Gasteiger charge is -2.17. The van der Waals surface area contributed by atoms with Crippen molar-refractivity contribution in [2.24, 2.45) is 5.92 Å². The summed E-state index contributed by atoms with van der Waals surface area (Å²) in [4.78, 5) is 53.5. The largest absolute Gasteiger partial charge is 0.354 e. The maximum Gasteiger partial charge on any atom is 0.229 e. The van der Waals surface area contributed by atoms with Gasteiger partial charge in [0.2, 0.25) is 18.2 Å². The Labute approximate surface area is 202 Å². The highest BCUT2D eigenvalue weighted by Crippen LogP contribution is 2.24. The van der Waals surface area contributed by atoms with E-state index in [2.05, 4.69) is 5.32 Å². The minimum absolute atomic E-state index is 0.0139. The summed E-state index contributed by atoms with van der Waals surface area (Å²) in [6.07, 6.45) is 18.5. The zero-order valence-corrected chi connectivity index (χ0v) is 21.7. The van der Waals surface area contributed by atoms with Gasteiger partial charge in [-0.1, -0.05) is 84.1 Å². The minimum atomic E-state index is -1.87. The van der Waals surface area contributed by atoms with E-state index in [9.17, 15) is 14.4 Å². The van der Waals surface area contributed by atoms with E-state index >= 15 is 0 Å². The number of hydrogen-bond donors (Lipinski definition) is 3. The van der Waals surface area contributed by atoms with Gasteiger partial charge in [0.15, 0.2) is 8.38 Å². The fraction of sp³-hybridized carbons (Fsp3) is 0.800. The number of rotatable bonds is 22. The molecule has 8 heteroatoms. The first-order valence-corrected chi connectivity index (χ1v) is 14.0. The van der Waals surface area contributed by atoms with Crippen LogP contribution < -0.4 is 5.32 Å². The van der Waals surface area contributed by atoms with Crippen LogP contribution in [0.5, 0.6) is 0 Å². The van der Waals surface area contributed by atoms with E-state index < -0.39 is 8.38 Å². The Hall–Kier alpha value is -1.30. The van der Waals surface area contributed by atoms with Gasteiger partial charge in [0.1, 0.15) is 0 Å². The van der Waals surface area contributed by atoms with Crippen LogP contribution in [0.3, 0.4) is 0 Å². The van der Waals surface area contributed by atoms with Gasteiger partial charge in [-0.25, -0.2) is 0 Å². The van der Waals surface area contributed by atoms with Crippen molar-refractivity contribution in [1.29, 1.82) is 0 Å². The fourth-order valence-electron chi connectivity index (χ4n) is 3.59. The number of unbranched alkanes of at least 4 members (excludes halogenated alkanes) is 12. The van der Waals surface area contributed by atoms with Gasteiger partial charge in [-0.3, -0.25) is 19.3 Å². The summed E-state index contributed by atoms with van der Waals surface area (Å²) in [7, 11) is -1.87. The zero-order chi connectivity index (χ0) is 24.7. The van der Waals surface area contributed by atoms with Gasteiger partial charge in [-0.05, 0) is 31.0 Å². The molecule has 0 spiro atoms. The molecular weight excluding hydrogens is 439 g/mol. The third-order valence-electron chi connectivity index (χ3n) is 5.47. The van der Waals surface area contributed by atoms with Crippen LogP contribution in [0.15, 0.2) is 11.9 Å². The third-order valence-corrected chi connectivity index (χ3v) is 5.95. The molecule has 0 saturated heterocycles. The van der Waals surface area contributed by atoms with Crippen LogP contribution in [0.1, 0.15) is 110 Å². The summed E-state index contributed by atoms with van der Waals surface area (Å²) < 4.78 is 0. The lowest BCUT2D eigenvalue weighted by Crippen LogP contribution is -2.38. The highest BCUT2D eigenvalue weighted by atomic mass is 31.2. The van der Waals surface area contributed by atoms with Crippen molar-refractivity contribution in [2.45, 2.75) is 110 Å². The van der Waals surface area contributed by atoms with Gasteiger partial charge in [0.25, 0.3) is 0 Å². The molecule has 0 aliphatic heterocycles. The zero-order valence-electron chi connectivity index (χ0n) is 20.8. The monoisotopic (exact) mass is 486 g/mol. The van der Waals surface area contributed by atoms with E-state index in [4.69, 9.17) is 9.79 Å². The van der Waals surface area contributed by atoms with E-state index in [-0.39, 0.29) is 24.3 Å². The Morgan fingerprint density at radius 1 is 0.879 bits per heavy atom. The maximum atomic E-state index is 11.9. The van der Waals surface area contributed by atoms with Crippen molar-refractivity contribution in [2.75, 3.05) is 13.1 Å². The van der Waals surface area contributed by atoms with Gasteiger partial charge in [-0.15, -0.1) is 0 Å². The summed E-state index contributed by atoms with van der Waals surface area (Å²) in [6, 6.07) is 0. The van der Waals surface area contributed by atoms with Crippen molar-refractivity contribution in [3.8, 4) is 0 Å². The average molecular weight is 487 g/mol. The molecule has 0 saturated carbocycles. The molecule has 0 aromatic rings. The fourth-order valence-corrected chi connectivity index (χ4v) is 3.93. The van der Waals surface area contributed by atoms with E-state index in [1.54, 1.807) is 0 Å². The lowest BCUT2D eigenvalue weighted by atomic mass is 10.0. The van der Waals surface area contributed by atoms with E-state index in [0.717, 1.165) is 37.0 Å². The molecule has 0 heterocycles. The number of imide groups is 1. The quantitative estimate of drug-likeness (QED) is 0.108. The summed E-state index contributed by atoms with van der Waals surface area (Å²) in [5, 5.41) is 2.80.